The summed E-state index contributed by atoms with van der Waals surface area (Å²) in [7, 11) is 0. The monoisotopic (exact) mass is 448 g/mol. The number of ether oxygens (including phenoxy) is 5. The van der Waals surface area contributed by atoms with E-state index in [-0.39, 0.29) is 30.9 Å². The second kappa shape index (κ2) is 20.0. The number of nitrogens with one attached hydrogen (secondary N) is 1. The maximum atomic E-state index is 11.8. The molecule has 0 aromatic heterocycles. The molecule has 31 heavy (non-hydrogen) atoms. The second-order valence-electron chi connectivity index (χ2n) is 6.74. The Morgan fingerprint density at radius 3 is 1.84 bits per heavy atom. The number of amides is 2. The SMILES string of the molecule is CCCC(OCC(=O)NCCOCCOCCOCCOCCC(N)=O)/C(N)=C(\C)N. The molecule has 0 saturated carbocycles. The lowest BCUT2D eigenvalue weighted by molar-refractivity contribution is -0.127. The zero-order valence-corrected chi connectivity index (χ0v) is 18.9. The van der Waals surface area contributed by atoms with E-state index in [4.69, 9.17) is 40.9 Å². The van der Waals surface area contributed by atoms with E-state index in [1.54, 1.807) is 6.92 Å². The number of carbonyl (C=O) groups is 2. The van der Waals surface area contributed by atoms with E-state index in [0.717, 1.165) is 6.42 Å². The number of allylic oxidation sites excluding steroid dienone is 1. The first-order chi connectivity index (χ1) is 14.9. The summed E-state index contributed by atoms with van der Waals surface area (Å²) in [6.45, 7) is 7.25. The molecule has 1 unspecified atom stereocenters. The van der Waals surface area contributed by atoms with Gasteiger partial charge in [0.25, 0.3) is 0 Å². The molecule has 182 valence electrons. The molecule has 7 N–H and O–H groups in total. The minimum absolute atomic E-state index is 0.0854. The highest BCUT2D eigenvalue weighted by Crippen LogP contribution is 2.10. The minimum atomic E-state index is -0.384. The van der Waals surface area contributed by atoms with Crippen molar-refractivity contribution in [2.24, 2.45) is 17.2 Å². The van der Waals surface area contributed by atoms with Crippen molar-refractivity contribution in [3.8, 4) is 0 Å². The number of primary amides is 1. The summed E-state index contributed by atoms with van der Waals surface area (Å²) < 4.78 is 26.8. The van der Waals surface area contributed by atoms with E-state index in [1.165, 1.54) is 0 Å². The largest absolute Gasteiger partial charge is 0.401 e. The van der Waals surface area contributed by atoms with Gasteiger partial charge in [0.1, 0.15) is 6.61 Å². The molecule has 11 nitrogen and oxygen atoms in total. The third-order valence-corrected chi connectivity index (χ3v) is 3.95. The average molecular weight is 449 g/mol. The van der Waals surface area contributed by atoms with Crippen molar-refractivity contribution in [3.63, 3.8) is 0 Å². The fourth-order valence-electron chi connectivity index (χ4n) is 2.27. The molecule has 0 radical (unpaired) electrons. The molecule has 0 aliphatic carbocycles. The first-order valence-corrected chi connectivity index (χ1v) is 10.6. The highest BCUT2D eigenvalue weighted by molar-refractivity contribution is 5.77. The van der Waals surface area contributed by atoms with Gasteiger partial charge in [-0.05, 0) is 13.3 Å². The van der Waals surface area contributed by atoms with Crippen LogP contribution in [0.4, 0.5) is 0 Å². The third kappa shape index (κ3) is 18.6. The summed E-state index contributed by atoms with van der Waals surface area (Å²) in [4.78, 5) is 22.4. The summed E-state index contributed by atoms with van der Waals surface area (Å²) >= 11 is 0. The Labute approximate surface area is 184 Å². The fraction of sp³-hybridized carbons (Fsp3) is 0.800. The lowest BCUT2D eigenvalue weighted by atomic mass is 10.1. The molecule has 0 aromatic rings. The van der Waals surface area contributed by atoms with Gasteiger partial charge in [0.05, 0.1) is 64.7 Å². The summed E-state index contributed by atoms with van der Waals surface area (Å²) in [5.41, 5.74) is 17.6. The Balaban J connectivity index is 3.49. The molecule has 0 aliphatic rings. The molecule has 0 bridgehead atoms. The van der Waals surface area contributed by atoms with Crippen molar-refractivity contribution in [1.82, 2.24) is 5.32 Å². The lowest BCUT2D eigenvalue weighted by Crippen LogP contribution is -2.34. The smallest absolute Gasteiger partial charge is 0.246 e. The van der Waals surface area contributed by atoms with Gasteiger partial charge in [-0.3, -0.25) is 9.59 Å². The van der Waals surface area contributed by atoms with Crippen LogP contribution in [0, 0.1) is 0 Å². The molecule has 1 atom stereocenters. The summed E-state index contributed by atoms with van der Waals surface area (Å²) in [6.07, 6.45) is 1.43. The van der Waals surface area contributed by atoms with E-state index in [0.29, 0.717) is 77.2 Å². The van der Waals surface area contributed by atoms with Crippen LogP contribution in [0.3, 0.4) is 0 Å². The van der Waals surface area contributed by atoms with Crippen LogP contribution in [0.15, 0.2) is 11.4 Å². The first kappa shape index (κ1) is 29.1. The molecule has 0 spiro atoms. The van der Waals surface area contributed by atoms with Crippen molar-refractivity contribution in [3.05, 3.63) is 11.4 Å². The first-order valence-electron chi connectivity index (χ1n) is 10.6. The molecule has 0 saturated heterocycles. The predicted molar refractivity (Wildman–Crippen MR) is 116 cm³/mol. The van der Waals surface area contributed by atoms with Crippen LogP contribution in [-0.2, 0) is 33.3 Å². The van der Waals surface area contributed by atoms with Gasteiger partial charge in [-0.25, -0.2) is 0 Å². The minimum Gasteiger partial charge on any atom is -0.401 e. The molecule has 11 heteroatoms. The molecular formula is C20H40N4O7. The Hall–Kier alpha value is -1.92. The molecule has 0 heterocycles. The number of nitrogens with two attached hydrogens (primary N) is 3. The third-order valence-electron chi connectivity index (χ3n) is 3.95. The van der Waals surface area contributed by atoms with E-state index >= 15 is 0 Å². The van der Waals surface area contributed by atoms with Gasteiger partial charge in [0, 0.05) is 18.7 Å². The topological polar surface area (TPSA) is 170 Å². The standard InChI is InChI=1S/C20H40N4O7/c1-3-4-17(20(23)16(2)21)31-15-19(26)24-6-8-28-10-12-30-14-13-29-11-9-27-7-5-18(22)25/h17H,3-15,21,23H2,1-2H3,(H2,22,25)(H,24,26)/b20-16-. The van der Waals surface area contributed by atoms with Crippen LogP contribution in [-0.4, -0.2) is 83.9 Å². The van der Waals surface area contributed by atoms with Crippen LogP contribution >= 0.6 is 0 Å². The van der Waals surface area contributed by atoms with Gasteiger partial charge in [-0.2, -0.15) is 0 Å². The lowest BCUT2D eigenvalue weighted by Gasteiger charge is -2.18. The van der Waals surface area contributed by atoms with Crippen LogP contribution in [0.1, 0.15) is 33.1 Å². The van der Waals surface area contributed by atoms with Crippen LogP contribution in [0.2, 0.25) is 0 Å². The number of hydrogen-bond acceptors (Lipinski definition) is 9. The summed E-state index contributed by atoms with van der Waals surface area (Å²) in [5, 5.41) is 2.72. The molecule has 0 aliphatic heterocycles. The Morgan fingerprint density at radius 2 is 1.35 bits per heavy atom. The quantitative estimate of drug-likeness (QED) is 0.167. The maximum absolute atomic E-state index is 11.8. The normalized spacial score (nSPS) is 13.0. The zero-order chi connectivity index (χ0) is 23.3. The Morgan fingerprint density at radius 1 is 0.839 bits per heavy atom. The van der Waals surface area contributed by atoms with E-state index in [1.807, 2.05) is 6.92 Å². The van der Waals surface area contributed by atoms with Gasteiger partial charge in [0.2, 0.25) is 11.8 Å². The van der Waals surface area contributed by atoms with E-state index in [2.05, 4.69) is 5.32 Å². The van der Waals surface area contributed by atoms with Crippen molar-refractivity contribution >= 4 is 11.8 Å². The number of carbonyl (C=O) groups excluding carboxylic acids is 2. The van der Waals surface area contributed by atoms with Crippen molar-refractivity contribution < 1.29 is 33.3 Å². The van der Waals surface area contributed by atoms with Crippen molar-refractivity contribution in [1.29, 1.82) is 0 Å². The Kier molecular flexibility index (Phi) is 18.8. The van der Waals surface area contributed by atoms with Crippen LogP contribution in [0.5, 0.6) is 0 Å². The highest BCUT2D eigenvalue weighted by atomic mass is 16.6. The molecular weight excluding hydrogens is 408 g/mol. The van der Waals surface area contributed by atoms with Gasteiger partial charge < -0.3 is 46.2 Å². The average Bonchev–Trinajstić information content (AvgIpc) is 2.73. The zero-order valence-electron chi connectivity index (χ0n) is 18.9. The van der Waals surface area contributed by atoms with Crippen molar-refractivity contribution in [2.75, 3.05) is 66.0 Å². The molecule has 2 amide bonds. The van der Waals surface area contributed by atoms with Crippen LogP contribution < -0.4 is 22.5 Å². The van der Waals surface area contributed by atoms with Gasteiger partial charge in [-0.15, -0.1) is 0 Å². The molecule has 0 rings (SSSR count). The molecule has 0 fully saturated rings. The summed E-state index contributed by atoms with van der Waals surface area (Å²) in [6, 6.07) is 0. The fourth-order valence-corrected chi connectivity index (χ4v) is 2.27. The maximum Gasteiger partial charge on any atom is 0.246 e. The number of rotatable bonds is 21. The van der Waals surface area contributed by atoms with Gasteiger partial charge in [-0.1, -0.05) is 13.3 Å². The second-order valence-corrected chi connectivity index (χ2v) is 6.74. The highest BCUT2D eigenvalue weighted by Gasteiger charge is 2.15. The van der Waals surface area contributed by atoms with Crippen molar-refractivity contribution in [2.45, 2.75) is 39.2 Å². The van der Waals surface area contributed by atoms with E-state index < -0.39 is 0 Å². The van der Waals surface area contributed by atoms with Gasteiger partial charge >= 0.3 is 0 Å². The molecule has 0 aromatic carbocycles. The van der Waals surface area contributed by atoms with E-state index in [9.17, 15) is 9.59 Å². The van der Waals surface area contributed by atoms with Crippen LogP contribution in [0.25, 0.3) is 0 Å². The Bertz CT molecular complexity index is 514. The summed E-state index contributed by atoms with van der Waals surface area (Å²) in [5.74, 6) is -0.621. The number of hydrogen-bond donors (Lipinski definition) is 4. The predicted octanol–water partition coefficient (Wildman–Crippen LogP) is -0.621. The van der Waals surface area contributed by atoms with Gasteiger partial charge in [0.15, 0.2) is 0 Å².